The number of H-pyrrole nitrogens is 1. The van der Waals surface area contributed by atoms with Gasteiger partial charge in [-0.3, -0.25) is 4.79 Å². The molecule has 4 heteroatoms. The molecule has 0 fully saturated rings. The van der Waals surface area contributed by atoms with Gasteiger partial charge in [0.05, 0.1) is 0 Å². The highest BCUT2D eigenvalue weighted by molar-refractivity contribution is 5.97. The quantitative estimate of drug-likeness (QED) is 0.698. The average molecular weight is 260 g/mol. The van der Waals surface area contributed by atoms with Crippen molar-refractivity contribution in [2.24, 2.45) is 5.92 Å². The van der Waals surface area contributed by atoms with Crippen LogP contribution in [0.5, 0.6) is 0 Å². The second-order valence-corrected chi connectivity index (χ2v) is 4.96. The van der Waals surface area contributed by atoms with Crippen LogP contribution in [0.2, 0.25) is 0 Å². The second kappa shape index (κ2) is 6.38. The molecule has 19 heavy (non-hydrogen) atoms. The van der Waals surface area contributed by atoms with Crippen molar-refractivity contribution in [2.75, 3.05) is 13.2 Å². The molecule has 4 nitrogen and oxygen atoms in total. The van der Waals surface area contributed by atoms with E-state index < -0.39 is 0 Å². The van der Waals surface area contributed by atoms with E-state index in [0.717, 1.165) is 23.7 Å². The van der Waals surface area contributed by atoms with Crippen molar-refractivity contribution in [3.8, 4) is 0 Å². The Kier molecular flexibility index (Phi) is 4.58. The van der Waals surface area contributed by atoms with Crippen molar-refractivity contribution in [3.05, 3.63) is 36.0 Å². The fourth-order valence-electron chi connectivity index (χ4n) is 2.03. The number of carbonyl (C=O) groups excluding carboxylic acids is 1. The minimum absolute atomic E-state index is 0.0761. The Labute approximate surface area is 112 Å². The minimum Gasteiger partial charge on any atom is -0.396 e. The summed E-state index contributed by atoms with van der Waals surface area (Å²) in [4.78, 5) is 15.0. The largest absolute Gasteiger partial charge is 0.396 e. The van der Waals surface area contributed by atoms with Gasteiger partial charge in [0.2, 0.25) is 0 Å². The Balaban J connectivity index is 1.86. The van der Waals surface area contributed by atoms with E-state index in [1.807, 2.05) is 37.3 Å². The highest BCUT2D eigenvalue weighted by Gasteiger charge is 2.08. The van der Waals surface area contributed by atoms with Crippen LogP contribution in [0.3, 0.4) is 0 Å². The number of carbonyl (C=O) groups is 1. The summed E-state index contributed by atoms with van der Waals surface area (Å²) in [6.07, 6.45) is 1.80. The number of benzene rings is 1. The average Bonchev–Trinajstić information content (AvgIpc) is 2.87. The van der Waals surface area contributed by atoms with Crippen LogP contribution < -0.4 is 5.32 Å². The van der Waals surface area contributed by atoms with E-state index in [1.165, 1.54) is 0 Å². The van der Waals surface area contributed by atoms with Crippen LogP contribution in [0, 0.1) is 5.92 Å². The first kappa shape index (κ1) is 13.6. The molecule has 0 bridgehead atoms. The van der Waals surface area contributed by atoms with Gasteiger partial charge in [-0.1, -0.05) is 25.1 Å². The zero-order chi connectivity index (χ0) is 13.7. The van der Waals surface area contributed by atoms with E-state index in [2.05, 4.69) is 10.3 Å². The Morgan fingerprint density at radius 1 is 1.42 bits per heavy atom. The molecular weight excluding hydrogens is 240 g/mol. The summed E-state index contributed by atoms with van der Waals surface area (Å²) < 4.78 is 0. The van der Waals surface area contributed by atoms with E-state index in [9.17, 15) is 4.79 Å². The number of hydrogen-bond acceptors (Lipinski definition) is 2. The predicted octanol–water partition coefficient (Wildman–Crippen LogP) is 2.31. The molecule has 1 amide bonds. The molecule has 0 saturated carbocycles. The molecule has 1 atom stereocenters. The van der Waals surface area contributed by atoms with Crippen LogP contribution >= 0.6 is 0 Å². The van der Waals surface area contributed by atoms with E-state index in [-0.39, 0.29) is 12.5 Å². The summed E-state index contributed by atoms with van der Waals surface area (Å²) in [5.74, 6) is 0.220. The Morgan fingerprint density at radius 3 is 2.95 bits per heavy atom. The number of aliphatic hydroxyl groups excluding tert-OH is 1. The number of aromatic amines is 1. The van der Waals surface area contributed by atoms with Gasteiger partial charge in [0.15, 0.2) is 0 Å². The second-order valence-electron chi connectivity index (χ2n) is 4.96. The van der Waals surface area contributed by atoms with Gasteiger partial charge in [0, 0.05) is 24.1 Å². The zero-order valence-corrected chi connectivity index (χ0v) is 11.1. The first-order valence-electron chi connectivity index (χ1n) is 6.67. The van der Waals surface area contributed by atoms with Crippen LogP contribution in [-0.2, 0) is 0 Å². The smallest absolute Gasteiger partial charge is 0.267 e. The Hall–Kier alpha value is -1.81. The van der Waals surface area contributed by atoms with Crippen molar-refractivity contribution >= 4 is 16.8 Å². The molecule has 1 unspecified atom stereocenters. The number of para-hydroxylation sites is 1. The molecule has 2 rings (SSSR count). The van der Waals surface area contributed by atoms with Gasteiger partial charge in [0.1, 0.15) is 5.69 Å². The molecule has 0 aliphatic rings. The Morgan fingerprint density at radius 2 is 2.21 bits per heavy atom. The van der Waals surface area contributed by atoms with Crippen LogP contribution in [0.15, 0.2) is 30.3 Å². The lowest BCUT2D eigenvalue weighted by Crippen LogP contribution is -2.25. The van der Waals surface area contributed by atoms with E-state index >= 15 is 0 Å². The first-order valence-corrected chi connectivity index (χ1v) is 6.67. The summed E-state index contributed by atoms with van der Waals surface area (Å²) in [5, 5.41) is 12.8. The molecule has 0 saturated heterocycles. The molecule has 0 aliphatic carbocycles. The maximum absolute atomic E-state index is 11.9. The monoisotopic (exact) mass is 260 g/mol. The van der Waals surface area contributed by atoms with E-state index in [4.69, 9.17) is 5.11 Å². The number of amides is 1. The van der Waals surface area contributed by atoms with Crippen molar-refractivity contribution in [1.82, 2.24) is 10.3 Å². The zero-order valence-electron chi connectivity index (χ0n) is 11.1. The standard InChI is InChI=1S/C15H20N2O2/c1-11(10-18)5-4-8-16-15(19)14-9-12-6-2-3-7-13(12)17-14/h2-3,6-7,9,11,17-18H,4-5,8,10H2,1H3,(H,16,19). The molecule has 0 radical (unpaired) electrons. The van der Waals surface area contributed by atoms with E-state index in [1.54, 1.807) is 0 Å². The van der Waals surface area contributed by atoms with Gasteiger partial charge in [0.25, 0.3) is 5.91 Å². The number of aliphatic hydroxyl groups is 1. The van der Waals surface area contributed by atoms with Crippen molar-refractivity contribution in [2.45, 2.75) is 19.8 Å². The summed E-state index contributed by atoms with van der Waals surface area (Å²) in [5.41, 5.74) is 1.57. The normalized spacial score (nSPS) is 12.5. The van der Waals surface area contributed by atoms with Crippen molar-refractivity contribution in [3.63, 3.8) is 0 Å². The fourth-order valence-corrected chi connectivity index (χ4v) is 2.03. The van der Waals surface area contributed by atoms with Gasteiger partial charge < -0.3 is 15.4 Å². The minimum atomic E-state index is -0.0761. The number of aromatic nitrogens is 1. The van der Waals surface area contributed by atoms with Crippen LogP contribution in [0.1, 0.15) is 30.3 Å². The SMILES string of the molecule is CC(CO)CCCNC(=O)c1cc2ccccc2[nH]1. The summed E-state index contributed by atoms with van der Waals surface area (Å²) in [6, 6.07) is 9.69. The fraction of sp³-hybridized carbons (Fsp3) is 0.400. The molecular formula is C15H20N2O2. The molecule has 0 aliphatic heterocycles. The molecule has 2 aromatic rings. The van der Waals surface area contributed by atoms with Gasteiger partial charge in [-0.15, -0.1) is 0 Å². The third-order valence-electron chi connectivity index (χ3n) is 3.25. The molecule has 1 heterocycles. The molecule has 1 aromatic heterocycles. The van der Waals surface area contributed by atoms with Crippen molar-refractivity contribution in [1.29, 1.82) is 0 Å². The molecule has 102 valence electrons. The summed E-state index contributed by atoms with van der Waals surface area (Å²) in [7, 11) is 0. The third kappa shape index (κ3) is 3.58. The van der Waals surface area contributed by atoms with Crippen LogP contribution in [-0.4, -0.2) is 29.1 Å². The highest BCUT2D eigenvalue weighted by Crippen LogP contribution is 2.14. The summed E-state index contributed by atoms with van der Waals surface area (Å²) in [6.45, 7) is 2.84. The van der Waals surface area contributed by atoms with E-state index in [0.29, 0.717) is 18.2 Å². The van der Waals surface area contributed by atoms with Gasteiger partial charge >= 0.3 is 0 Å². The number of fused-ring (bicyclic) bond motifs is 1. The maximum Gasteiger partial charge on any atom is 0.267 e. The maximum atomic E-state index is 11.9. The number of nitrogens with one attached hydrogen (secondary N) is 2. The lowest BCUT2D eigenvalue weighted by atomic mass is 10.1. The Bertz CT molecular complexity index is 515. The third-order valence-corrected chi connectivity index (χ3v) is 3.25. The molecule has 0 spiro atoms. The topological polar surface area (TPSA) is 65.1 Å². The van der Waals surface area contributed by atoms with Crippen LogP contribution in [0.4, 0.5) is 0 Å². The lowest BCUT2D eigenvalue weighted by Gasteiger charge is -2.07. The predicted molar refractivity (Wildman–Crippen MR) is 76.1 cm³/mol. The van der Waals surface area contributed by atoms with Gasteiger partial charge in [-0.25, -0.2) is 0 Å². The summed E-state index contributed by atoms with van der Waals surface area (Å²) >= 11 is 0. The lowest BCUT2D eigenvalue weighted by molar-refractivity contribution is 0.0948. The van der Waals surface area contributed by atoms with Crippen LogP contribution in [0.25, 0.3) is 10.9 Å². The van der Waals surface area contributed by atoms with Gasteiger partial charge in [-0.2, -0.15) is 0 Å². The van der Waals surface area contributed by atoms with Crippen molar-refractivity contribution < 1.29 is 9.90 Å². The first-order chi connectivity index (χ1) is 9.20. The highest BCUT2D eigenvalue weighted by atomic mass is 16.3. The van der Waals surface area contributed by atoms with Gasteiger partial charge in [-0.05, 0) is 30.9 Å². The molecule has 3 N–H and O–H groups in total. The molecule has 1 aromatic carbocycles. The number of rotatable bonds is 6. The number of hydrogen-bond donors (Lipinski definition) is 3.